The number of ether oxygens (including phenoxy) is 1. The minimum Gasteiger partial charge on any atom is -0.478 e. The quantitative estimate of drug-likeness (QED) is 0.523. The van der Waals surface area contributed by atoms with Gasteiger partial charge in [0.1, 0.15) is 6.10 Å². The molecule has 1 aromatic carbocycles. The fraction of sp³-hybridized carbons (Fsp3) is 0.467. The maximum atomic E-state index is 12.0. The van der Waals surface area contributed by atoms with Crippen LogP contribution in [0.2, 0.25) is 0 Å². The van der Waals surface area contributed by atoms with Crippen molar-refractivity contribution in [2.24, 2.45) is 0 Å². The lowest BCUT2D eigenvalue weighted by Crippen LogP contribution is -2.45. The number of aromatic carboxylic acids is 1. The van der Waals surface area contributed by atoms with E-state index in [0.29, 0.717) is 12.8 Å². The number of esters is 1. The third-order valence-corrected chi connectivity index (χ3v) is 3.23. The van der Waals surface area contributed by atoms with E-state index in [9.17, 15) is 19.8 Å². The van der Waals surface area contributed by atoms with Crippen LogP contribution < -0.4 is 0 Å². The molecule has 2 unspecified atom stereocenters. The third kappa shape index (κ3) is 4.27. The second kappa shape index (κ2) is 7.19. The van der Waals surface area contributed by atoms with Crippen molar-refractivity contribution in [1.29, 1.82) is 0 Å². The zero-order chi connectivity index (χ0) is 16.0. The highest BCUT2D eigenvalue weighted by Gasteiger charge is 2.37. The van der Waals surface area contributed by atoms with E-state index in [1.165, 1.54) is 24.3 Å². The Morgan fingerprint density at radius 3 is 2.14 bits per heavy atom. The summed E-state index contributed by atoms with van der Waals surface area (Å²) in [5.41, 5.74) is 0.152. The van der Waals surface area contributed by atoms with Gasteiger partial charge < -0.3 is 20.1 Å². The van der Waals surface area contributed by atoms with Crippen LogP contribution in [0, 0.1) is 0 Å². The monoisotopic (exact) mass is 296 g/mol. The zero-order valence-electron chi connectivity index (χ0n) is 12.1. The summed E-state index contributed by atoms with van der Waals surface area (Å²) in [7, 11) is 0. The van der Waals surface area contributed by atoms with Crippen molar-refractivity contribution in [2.75, 3.05) is 0 Å². The first-order chi connectivity index (χ1) is 9.84. The average Bonchev–Trinajstić information content (AvgIpc) is 2.47. The molecule has 0 heterocycles. The molecule has 6 nitrogen and oxygen atoms in total. The first-order valence-electron chi connectivity index (χ1n) is 6.81. The van der Waals surface area contributed by atoms with E-state index in [4.69, 9.17) is 9.84 Å². The highest BCUT2D eigenvalue weighted by atomic mass is 16.7. The minimum absolute atomic E-state index is 0.0447. The fourth-order valence-corrected chi connectivity index (χ4v) is 1.84. The molecule has 0 saturated heterocycles. The number of carboxylic acids is 1. The van der Waals surface area contributed by atoms with Crippen LogP contribution in [0.4, 0.5) is 0 Å². The first-order valence-corrected chi connectivity index (χ1v) is 6.81. The molecule has 0 amide bonds. The molecule has 0 aliphatic rings. The van der Waals surface area contributed by atoms with Crippen molar-refractivity contribution < 1.29 is 29.6 Å². The van der Waals surface area contributed by atoms with Crippen molar-refractivity contribution >= 4 is 11.9 Å². The highest BCUT2D eigenvalue weighted by Crippen LogP contribution is 2.22. The van der Waals surface area contributed by atoms with Crippen LogP contribution in [0.25, 0.3) is 0 Å². The molecule has 0 fully saturated rings. The summed E-state index contributed by atoms with van der Waals surface area (Å²) < 4.78 is 5.01. The summed E-state index contributed by atoms with van der Waals surface area (Å²) in [6.07, 6.45) is -0.188. The largest absolute Gasteiger partial charge is 0.478 e. The van der Waals surface area contributed by atoms with Gasteiger partial charge in [0.05, 0.1) is 11.1 Å². The Morgan fingerprint density at radius 2 is 1.71 bits per heavy atom. The normalized spacial score (nSPS) is 15.0. The third-order valence-electron chi connectivity index (χ3n) is 3.23. The number of aliphatic hydroxyl groups excluding tert-OH is 1. The molecule has 21 heavy (non-hydrogen) atoms. The topological polar surface area (TPSA) is 104 Å². The number of carbonyl (C=O) groups is 2. The van der Waals surface area contributed by atoms with E-state index < -0.39 is 23.8 Å². The summed E-state index contributed by atoms with van der Waals surface area (Å²) in [6.45, 7) is 3.44. The van der Waals surface area contributed by atoms with Crippen molar-refractivity contribution in [2.45, 2.75) is 45.0 Å². The van der Waals surface area contributed by atoms with Gasteiger partial charge in [-0.2, -0.15) is 0 Å². The van der Waals surface area contributed by atoms with Crippen LogP contribution >= 0.6 is 0 Å². The van der Waals surface area contributed by atoms with Gasteiger partial charge in [-0.1, -0.05) is 20.3 Å². The molecule has 6 heteroatoms. The Kier molecular flexibility index (Phi) is 5.87. The maximum Gasteiger partial charge on any atom is 0.340 e. The smallest absolute Gasteiger partial charge is 0.340 e. The van der Waals surface area contributed by atoms with Crippen molar-refractivity contribution in [3.05, 3.63) is 35.4 Å². The van der Waals surface area contributed by atoms with Crippen LogP contribution in [0.5, 0.6) is 0 Å². The number of carbonyl (C=O) groups excluding carboxylic acids is 1. The van der Waals surface area contributed by atoms with Crippen molar-refractivity contribution in [1.82, 2.24) is 0 Å². The lowest BCUT2D eigenvalue weighted by atomic mass is 10.0. The van der Waals surface area contributed by atoms with E-state index in [1.807, 2.05) is 6.92 Å². The number of hydrogen-bond acceptors (Lipinski definition) is 5. The Bertz CT molecular complexity index is 495. The molecule has 2 atom stereocenters. The number of benzene rings is 1. The van der Waals surface area contributed by atoms with Gasteiger partial charge in [0, 0.05) is 6.42 Å². The Hall–Kier alpha value is -1.92. The van der Waals surface area contributed by atoms with Crippen LogP contribution in [0.3, 0.4) is 0 Å². The second-order valence-corrected chi connectivity index (χ2v) is 4.77. The van der Waals surface area contributed by atoms with E-state index in [1.54, 1.807) is 6.92 Å². The van der Waals surface area contributed by atoms with Gasteiger partial charge in [-0.15, -0.1) is 0 Å². The van der Waals surface area contributed by atoms with E-state index in [0.717, 1.165) is 0 Å². The minimum atomic E-state index is -1.95. The molecule has 0 aromatic heterocycles. The molecule has 0 bridgehead atoms. The Balaban J connectivity index is 2.85. The molecule has 1 aromatic rings. The zero-order valence-corrected chi connectivity index (χ0v) is 12.1. The average molecular weight is 296 g/mol. The van der Waals surface area contributed by atoms with Gasteiger partial charge in [-0.3, -0.25) is 0 Å². The fourth-order valence-electron chi connectivity index (χ4n) is 1.84. The summed E-state index contributed by atoms with van der Waals surface area (Å²) in [5.74, 6) is -3.86. The molecule has 0 aliphatic heterocycles. The molecule has 0 radical (unpaired) electrons. The number of hydrogen-bond donors (Lipinski definition) is 3. The predicted molar refractivity (Wildman–Crippen MR) is 75.0 cm³/mol. The maximum absolute atomic E-state index is 12.0. The van der Waals surface area contributed by atoms with Gasteiger partial charge in [-0.05, 0) is 30.7 Å². The number of rotatable bonds is 7. The van der Waals surface area contributed by atoms with Gasteiger partial charge >= 0.3 is 11.9 Å². The summed E-state index contributed by atoms with van der Waals surface area (Å²) in [5, 5.41) is 28.9. The second-order valence-electron chi connectivity index (χ2n) is 4.77. The molecule has 0 saturated carbocycles. The number of aliphatic hydroxyl groups is 2. The van der Waals surface area contributed by atoms with E-state index >= 15 is 0 Å². The van der Waals surface area contributed by atoms with Crippen LogP contribution in [0.15, 0.2) is 24.3 Å². The van der Waals surface area contributed by atoms with E-state index in [-0.39, 0.29) is 17.5 Å². The lowest BCUT2D eigenvalue weighted by Gasteiger charge is -2.31. The molecule has 116 valence electrons. The predicted octanol–water partition coefficient (Wildman–Crippen LogP) is 1.80. The number of carboxylic acid groups (broad SMARTS) is 1. The molecule has 3 N–H and O–H groups in total. The van der Waals surface area contributed by atoms with Crippen molar-refractivity contribution in [3.8, 4) is 0 Å². The standard InChI is InChI=1S/C15H20O6/c1-3-5-12(16)15(20,4-2)21-14(19)11-8-6-10(7-9-11)13(17)18/h6-9,12,16,20H,3-5H2,1-2H3,(H,17,18). The summed E-state index contributed by atoms with van der Waals surface area (Å²) >= 11 is 0. The van der Waals surface area contributed by atoms with Crippen LogP contribution in [0.1, 0.15) is 53.8 Å². The van der Waals surface area contributed by atoms with Gasteiger partial charge in [-0.25, -0.2) is 9.59 Å². The lowest BCUT2D eigenvalue weighted by molar-refractivity contribution is -0.227. The highest BCUT2D eigenvalue weighted by molar-refractivity contribution is 5.92. The van der Waals surface area contributed by atoms with Gasteiger partial charge in [0.2, 0.25) is 5.79 Å². The Morgan fingerprint density at radius 1 is 1.19 bits per heavy atom. The van der Waals surface area contributed by atoms with E-state index in [2.05, 4.69) is 0 Å². The molecular weight excluding hydrogens is 276 g/mol. The van der Waals surface area contributed by atoms with Crippen molar-refractivity contribution in [3.63, 3.8) is 0 Å². The van der Waals surface area contributed by atoms with Crippen LogP contribution in [-0.2, 0) is 4.74 Å². The van der Waals surface area contributed by atoms with Gasteiger partial charge in [0.25, 0.3) is 0 Å². The molecule has 0 spiro atoms. The summed E-state index contributed by atoms with van der Waals surface area (Å²) in [6, 6.07) is 5.14. The molecule has 1 rings (SSSR count). The van der Waals surface area contributed by atoms with Crippen LogP contribution in [-0.4, -0.2) is 39.1 Å². The molecule has 0 aliphatic carbocycles. The Labute approximate surface area is 123 Å². The molecular formula is C15H20O6. The van der Waals surface area contributed by atoms with Gasteiger partial charge in [0.15, 0.2) is 0 Å². The SMILES string of the molecule is CCCC(O)C(O)(CC)OC(=O)c1ccc(C(=O)O)cc1. The first kappa shape index (κ1) is 17.1. The summed E-state index contributed by atoms with van der Waals surface area (Å²) in [4.78, 5) is 22.7.